The smallest absolute Gasteiger partial charge is 0.142 e. The van der Waals surface area contributed by atoms with Crippen LogP contribution in [0.2, 0.25) is 0 Å². The number of aryl methyl sites for hydroxylation is 1. The molecule has 0 unspecified atom stereocenters. The van der Waals surface area contributed by atoms with Crippen LogP contribution >= 0.6 is 0 Å². The van der Waals surface area contributed by atoms with Gasteiger partial charge in [0.2, 0.25) is 0 Å². The summed E-state index contributed by atoms with van der Waals surface area (Å²) in [6, 6.07) is 20.7. The van der Waals surface area contributed by atoms with Crippen LogP contribution in [-0.4, -0.2) is 18.8 Å². The number of ether oxygens (including phenoxy) is 2. The molecule has 0 atom stereocenters. The Bertz CT molecular complexity index is 1050. The normalized spacial score (nSPS) is 11.1. The Morgan fingerprint density at radius 1 is 0.792 bits per heavy atom. The lowest BCUT2D eigenvalue weighted by molar-refractivity contribution is 0.413. The fourth-order valence-corrected chi connectivity index (χ4v) is 3.43. The largest absolute Gasteiger partial charge is 0.497 e. The van der Waals surface area contributed by atoms with Crippen LogP contribution in [0.4, 0.5) is 0 Å². The van der Waals surface area contributed by atoms with E-state index < -0.39 is 0 Å². The fraction of sp³-hybridized carbons (Fsp3) is 0.143. The summed E-state index contributed by atoms with van der Waals surface area (Å²) in [5.41, 5.74) is 4.57. The SMILES string of the molecule is COc1ccc2c3c(C)cccc3n(-c3ccccc3OC)c2c1. The van der Waals surface area contributed by atoms with E-state index >= 15 is 0 Å². The number of rotatable bonds is 3. The predicted molar refractivity (Wildman–Crippen MR) is 98.6 cm³/mol. The van der Waals surface area contributed by atoms with Crippen molar-refractivity contribution in [1.82, 2.24) is 4.57 Å². The third kappa shape index (κ3) is 2.05. The van der Waals surface area contributed by atoms with Crippen LogP contribution in [-0.2, 0) is 0 Å². The summed E-state index contributed by atoms with van der Waals surface area (Å²) in [7, 11) is 3.40. The molecule has 3 heteroatoms. The zero-order chi connectivity index (χ0) is 16.7. The predicted octanol–water partition coefficient (Wildman–Crippen LogP) is 5.11. The topological polar surface area (TPSA) is 23.4 Å². The zero-order valence-corrected chi connectivity index (χ0v) is 14.0. The molecule has 1 aromatic heterocycles. The molecule has 4 rings (SSSR count). The van der Waals surface area contributed by atoms with Crippen LogP contribution in [0.3, 0.4) is 0 Å². The first-order valence-electron chi connectivity index (χ1n) is 7.95. The van der Waals surface area contributed by atoms with Gasteiger partial charge in [-0.15, -0.1) is 0 Å². The Balaban J connectivity index is 2.21. The second kappa shape index (κ2) is 5.60. The molecule has 0 radical (unpaired) electrons. The van der Waals surface area contributed by atoms with E-state index in [0.29, 0.717) is 0 Å². The minimum absolute atomic E-state index is 0.846. The highest BCUT2D eigenvalue weighted by molar-refractivity contribution is 6.11. The van der Waals surface area contributed by atoms with Crippen LogP contribution in [0.25, 0.3) is 27.5 Å². The molecule has 0 aliphatic heterocycles. The van der Waals surface area contributed by atoms with Gasteiger partial charge in [-0.05, 0) is 42.8 Å². The fourth-order valence-electron chi connectivity index (χ4n) is 3.43. The molecule has 1 heterocycles. The Labute approximate surface area is 141 Å². The molecule has 0 bridgehead atoms. The van der Waals surface area contributed by atoms with Crippen molar-refractivity contribution in [3.8, 4) is 17.2 Å². The highest BCUT2D eigenvalue weighted by Crippen LogP contribution is 2.37. The number of aromatic nitrogens is 1. The highest BCUT2D eigenvalue weighted by Gasteiger charge is 2.16. The number of fused-ring (bicyclic) bond motifs is 3. The maximum absolute atomic E-state index is 5.60. The average molecular weight is 317 g/mol. The van der Waals surface area contributed by atoms with Gasteiger partial charge in [0.05, 0.1) is 30.9 Å². The van der Waals surface area contributed by atoms with E-state index in [2.05, 4.69) is 47.9 Å². The highest BCUT2D eigenvalue weighted by atomic mass is 16.5. The molecule has 0 aliphatic carbocycles. The first kappa shape index (κ1) is 14.6. The lowest BCUT2D eigenvalue weighted by Crippen LogP contribution is -1.97. The second-order valence-corrected chi connectivity index (χ2v) is 5.86. The van der Waals surface area contributed by atoms with Crippen molar-refractivity contribution in [3.05, 3.63) is 66.2 Å². The third-order valence-corrected chi connectivity index (χ3v) is 4.53. The summed E-state index contributed by atoms with van der Waals surface area (Å²) >= 11 is 0. The van der Waals surface area contributed by atoms with Crippen LogP contribution < -0.4 is 9.47 Å². The van der Waals surface area contributed by atoms with Crippen molar-refractivity contribution >= 4 is 21.8 Å². The van der Waals surface area contributed by atoms with Gasteiger partial charge in [-0.3, -0.25) is 0 Å². The summed E-state index contributed by atoms with van der Waals surface area (Å²) in [5.74, 6) is 1.69. The molecule has 0 N–H and O–H groups in total. The van der Waals surface area contributed by atoms with E-state index in [0.717, 1.165) is 22.7 Å². The van der Waals surface area contributed by atoms with E-state index in [1.54, 1.807) is 14.2 Å². The quantitative estimate of drug-likeness (QED) is 0.524. The van der Waals surface area contributed by atoms with Gasteiger partial charge in [-0.25, -0.2) is 0 Å². The zero-order valence-electron chi connectivity index (χ0n) is 14.0. The van der Waals surface area contributed by atoms with Crippen molar-refractivity contribution < 1.29 is 9.47 Å². The standard InChI is InChI=1S/C21H19NO2/c1-14-7-6-9-18-21(14)16-12-11-15(23-2)13-19(16)22(18)17-8-4-5-10-20(17)24-3/h4-13H,1-3H3. The van der Waals surface area contributed by atoms with Crippen molar-refractivity contribution in [3.63, 3.8) is 0 Å². The lowest BCUT2D eigenvalue weighted by Gasteiger charge is -2.12. The number of hydrogen-bond acceptors (Lipinski definition) is 2. The molecular formula is C21H19NO2. The monoisotopic (exact) mass is 317 g/mol. The number of para-hydroxylation sites is 2. The summed E-state index contributed by atoms with van der Waals surface area (Å²) in [6.07, 6.45) is 0. The number of benzene rings is 3. The molecular weight excluding hydrogens is 298 g/mol. The van der Waals surface area contributed by atoms with Gasteiger partial charge in [0.1, 0.15) is 11.5 Å². The van der Waals surface area contributed by atoms with Gasteiger partial charge in [-0.1, -0.05) is 24.3 Å². The van der Waals surface area contributed by atoms with Gasteiger partial charge in [0, 0.05) is 16.8 Å². The molecule has 0 spiro atoms. The lowest BCUT2D eigenvalue weighted by atomic mass is 10.1. The number of methoxy groups -OCH3 is 2. The maximum atomic E-state index is 5.60. The first-order chi connectivity index (χ1) is 11.7. The van der Waals surface area contributed by atoms with Gasteiger partial charge in [-0.2, -0.15) is 0 Å². The van der Waals surface area contributed by atoms with Gasteiger partial charge in [0.25, 0.3) is 0 Å². The molecule has 3 nitrogen and oxygen atoms in total. The van der Waals surface area contributed by atoms with E-state index in [1.807, 2.05) is 24.3 Å². The Kier molecular flexibility index (Phi) is 3.42. The van der Waals surface area contributed by atoms with E-state index in [4.69, 9.17) is 9.47 Å². The molecule has 0 saturated heterocycles. The van der Waals surface area contributed by atoms with Gasteiger partial charge in [0.15, 0.2) is 0 Å². The second-order valence-electron chi connectivity index (χ2n) is 5.86. The van der Waals surface area contributed by atoms with Crippen LogP contribution in [0.1, 0.15) is 5.56 Å². The van der Waals surface area contributed by atoms with Gasteiger partial charge < -0.3 is 14.0 Å². The van der Waals surface area contributed by atoms with E-state index in [1.165, 1.54) is 21.9 Å². The number of hydrogen-bond donors (Lipinski definition) is 0. The van der Waals surface area contributed by atoms with Crippen molar-refractivity contribution in [2.24, 2.45) is 0 Å². The summed E-state index contributed by atoms with van der Waals surface area (Å²) < 4.78 is 13.3. The Morgan fingerprint density at radius 3 is 2.42 bits per heavy atom. The third-order valence-electron chi connectivity index (χ3n) is 4.53. The summed E-state index contributed by atoms with van der Waals surface area (Å²) in [6.45, 7) is 2.15. The van der Waals surface area contributed by atoms with E-state index in [9.17, 15) is 0 Å². The molecule has 3 aromatic carbocycles. The van der Waals surface area contributed by atoms with Crippen LogP contribution in [0, 0.1) is 6.92 Å². The van der Waals surface area contributed by atoms with Gasteiger partial charge >= 0.3 is 0 Å². The Hall–Kier alpha value is -2.94. The average Bonchev–Trinajstić information content (AvgIpc) is 2.96. The Morgan fingerprint density at radius 2 is 1.62 bits per heavy atom. The summed E-state index contributed by atoms with van der Waals surface area (Å²) in [5, 5.41) is 2.48. The molecule has 0 aliphatic rings. The minimum Gasteiger partial charge on any atom is -0.497 e. The summed E-state index contributed by atoms with van der Waals surface area (Å²) in [4.78, 5) is 0. The van der Waals surface area contributed by atoms with Crippen LogP contribution in [0.5, 0.6) is 11.5 Å². The van der Waals surface area contributed by atoms with E-state index in [-0.39, 0.29) is 0 Å². The minimum atomic E-state index is 0.846. The van der Waals surface area contributed by atoms with Crippen molar-refractivity contribution in [1.29, 1.82) is 0 Å². The first-order valence-corrected chi connectivity index (χ1v) is 7.95. The van der Waals surface area contributed by atoms with Crippen molar-refractivity contribution in [2.45, 2.75) is 6.92 Å². The molecule has 0 fully saturated rings. The molecule has 0 saturated carbocycles. The van der Waals surface area contributed by atoms with Crippen molar-refractivity contribution in [2.75, 3.05) is 14.2 Å². The van der Waals surface area contributed by atoms with Crippen LogP contribution in [0.15, 0.2) is 60.7 Å². The molecule has 0 amide bonds. The number of nitrogens with zero attached hydrogens (tertiary/aromatic N) is 1. The molecule has 4 aromatic rings. The molecule has 120 valence electrons. The maximum Gasteiger partial charge on any atom is 0.142 e. The molecule has 24 heavy (non-hydrogen) atoms.